The summed E-state index contributed by atoms with van der Waals surface area (Å²) in [5.41, 5.74) is 0. The highest BCUT2D eigenvalue weighted by Gasteiger charge is 2.23. The number of morpholine rings is 1. The van der Waals surface area contributed by atoms with Crippen LogP contribution in [0.5, 0.6) is 0 Å². The molecule has 1 fully saturated rings. The zero-order chi connectivity index (χ0) is 11.1. The van der Waals surface area contributed by atoms with E-state index >= 15 is 0 Å². The van der Waals surface area contributed by atoms with Crippen molar-refractivity contribution >= 4 is 0 Å². The van der Waals surface area contributed by atoms with Gasteiger partial charge in [0.15, 0.2) is 0 Å². The number of aliphatic hydroxyl groups excluding tert-OH is 1. The molecular weight excluding hydrogens is 190 g/mol. The molecular formula is C12H25NO2. The molecule has 1 aliphatic rings. The number of rotatable bonds is 6. The molecule has 15 heavy (non-hydrogen) atoms. The van der Waals surface area contributed by atoms with Gasteiger partial charge in [0.1, 0.15) is 0 Å². The molecule has 1 saturated heterocycles. The molecule has 1 rings (SSSR count). The summed E-state index contributed by atoms with van der Waals surface area (Å²) in [5, 5.41) is 8.69. The van der Waals surface area contributed by atoms with Gasteiger partial charge in [-0.05, 0) is 39.2 Å². The normalized spacial score (nSPS) is 28.2. The molecule has 0 aromatic carbocycles. The monoisotopic (exact) mass is 215 g/mol. The predicted molar refractivity (Wildman–Crippen MR) is 62.0 cm³/mol. The zero-order valence-electron chi connectivity index (χ0n) is 10.1. The summed E-state index contributed by atoms with van der Waals surface area (Å²) in [7, 11) is 0. The summed E-state index contributed by atoms with van der Waals surface area (Å²) in [5.74, 6) is 0. The van der Waals surface area contributed by atoms with Gasteiger partial charge in [-0.2, -0.15) is 0 Å². The number of unbranched alkanes of at least 4 members (excludes halogenated alkanes) is 2. The Kier molecular flexibility index (Phi) is 6.22. The molecule has 2 unspecified atom stereocenters. The Hall–Kier alpha value is -0.120. The van der Waals surface area contributed by atoms with Crippen LogP contribution in [-0.2, 0) is 4.74 Å². The third kappa shape index (κ3) is 4.96. The highest BCUT2D eigenvalue weighted by Crippen LogP contribution is 2.14. The van der Waals surface area contributed by atoms with Gasteiger partial charge in [-0.3, -0.25) is 4.90 Å². The van der Waals surface area contributed by atoms with Crippen LogP contribution in [0.3, 0.4) is 0 Å². The predicted octanol–water partition coefficient (Wildman–Crippen LogP) is 1.65. The van der Waals surface area contributed by atoms with Gasteiger partial charge in [-0.25, -0.2) is 0 Å². The standard InChI is InChI=1S/C12H25NO2/c1-3-12-10-13(9-11(2)15-12)7-5-4-6-8-14/h11-12,14H,3-10H2,1-2H3. The summed E-state index contributed by atoms with van der Waals surface area (Å²) >= 11 is 0. The summed E-state index contributed by atoms with van der Waals surface area (Å²) in [6, 6.07) is 0. The maximum absolute atomic E-state index is 8.69. The van der Waals surface area contributed by atoms with E-state index in [1.807, 2.05) is 0 Å². The van der Waals surface area contributed by atoms with Crippen molar-refractivity contribution in [3.05, 3.63) is 0 Å². The van der Waals surface area contributed by atoms with Crippen molar-refractivity contribution in [3.8, 4) is 0 Å². The minimum Gasteiger partial charge on any atom is -0.396 e. The molecule has 0 aromatic heterocycles. The van der Waals surface area contributed by atoms with Crippen LogP contribution in [0.15, 0.2) is 0 Å². The summed E-state index contributed by atoms with van der Waals surface area (Å²) < 4.78 is 5.81. The van der Waals surface area contributed by atoms with Gasteiger partial charge >= 0.3 is 0 Å². The van der Waals surface area contributed by atoms with Crippen molar-refractivity contribution in [1.82, 2.24) is 4.90 Å². The van der Waals surface area contributed by atoms with Crippen LogP contribution in [0.4, 0.5) is 0 Å². The minimum atomic E-state index is 0.330. The minimum absolute atomic E-state index is 0.330. The number of hydrogen-bond donors (Lipinski definition) is 1. The molecule has 0 aliphatic carbocycles. The van der Waals surface area contributed by atoms with Crippen LogP contribution in [0.1, 0.15) is 39.5 Å². The van der Waals surface area contributed by atoms with Gasteiger partial charge < -0.3 is 9.84 Å². The number of hydrogen-bond acceptors (Lipinski definition) is 3. The third-order valence-corrected chi connectivity index (χ3v) is 2.99. The first-order valence-corrected chi connectivity index (χ1v) is 6.25. The third-order valence-electron chi connectivity index (χ3n) is 2.99. The van der Waals surface area contributed by atoms with Gasteiger partial charge in [0.05, 0.1) is 12.2 Å². The second-order valence-electron chi connectivity index (χ2n) is 4.52. The second-order valence-corrected chi connectivity index (χ2v) is 4.52. The highest BCUT2D eigenvalue weighted by atomic mass is 16.5. The number of nitrogens with zero attached hydrogens (tertiary/aromatic N) is 1. The Morgan fingerprint density at radius 2 is 2.07 bits per heavy atom. The molecule has 3 nitrogen and oxygen atoms in total. The Labute approximate surface area is 93.4 Å². The van der Waals surface area contributed by atoms with Gasteiger partial charge in [-0.15, -0.1) is 0 Å². The van der Waals surface area contributed by atoms with E-state index in [2.05, 4.69) is 18.7 Å². The molecule has 1 N–H and O–H groups in total. The van der Waals surface area contributed by atoms with Crippen LogP contribution < -0.4 is 0 Å². The van der Waals surface area contributed by atoms with Crippen LogP contribution in [0.25, 0.3) is 0 Å². The van der Waals surface area contributed by atoms with E-state index in [-0.39, 0.29) is 0 Å². The van der Waals surface area contributed by atoms with E-state index in [1.165, 1.54) is 6.42 Å². The van der Waals surface area contributed by atoms with Crippen molar-refractivity contribution in [1.29, 1.82) is 0 Å². The van der Waals surface area contributed by atoms with Crippen molar-refractivity contribution in [3.63, 3.8) is 0 Å². The lowest BCUT2D eigenvalue weighted by Gasteiger charge is -2.36. The van der Waals surface area contributed by atoms with Crippen LogP contribution >= 0.6 is 0 Å². The average Bonchev–Trinajstić information content (AvgIpc) is 2.23. The molecule has 1 heterocycles. The van der Waals surface area contributed by atoms with E-state index in [0.717, 1.165) is 38.9 Å². The largest absolute Gasteiger partial charge is 0.396 e. The van der Waals surface area contributed by atoms with E-state index in [4.69, 9.17) is 9.84 Å². The highest BCUT2D eigenvalue weighted by molar-refractivity contribution is 4.74. The van der Waals surface area contributed by atoms with E-state index in [1.54, 1.807) is 0 Å². The Balaban J connectivity index is 2.16. The first kappa shape index (κ1) is 12.9. The summed E-state index contributed by atoms with van der Waals surface area (Å²) in [6.07, 6.45) is 5.19. The smallest absolute Gasteiger partial charge is 0.0703 e. The maximum Gasteiger partial charge on any atom is 0.0703 e. The topological polar surface area (TPSA) is 32.7 Å². The lowest BCUT2D eigenvalue weighted by Crippen LogP contribution is -2.46. The average molecular weight is 215 g/mol. The molecule has 0 aromatic rings. The fourth-order valence-corrected chi connectivity index (χ4v) is 2.17. The van der Waals surface area contributed by atoms with Gasteiger partial charge in [0.25, 0.3) is 0 Å². The first-order chi connectivity index (χ1) is 7.26. The number of aliphatic hydroxyl groups is 1. The fraction of sp³-hybridized carbons (Fsp3) is 1.00. The molecule has 0 saturated carbocycles. The van der Waals surface area contributed by atoms with Gasteiger partial charge in [-0.1, -0.05) is 6.92 Å². The van der Waals surface area contributed by atoms with E-state index in [9.17, 15) is 0 Å². The Morgan fingerprint density at radius 1 is 1.27 bits per heavy atom. The maximum atomic E-state index is 8.69. The Morgan fingerprint density at radius 3 is 2.73 bits per heavy atom. The first-order valence-electron chi connectivity index (χ1n) is 6.25. The SMILES string of the molecule is CCC1CN(CCCCCO)CC(C)O1. The lowest BCUT2D eigenvalue weighted by atomic mass is 10.1. The number of ether oxygens (including phenoxy) is 1. The molecule has 0 spiro atoms. The molecule has 0 amide bonds. The lowest BCUT2D eigenvalue weighted by molar-refractivity contribution is -0.0778. The second kappa shape index (κ2) is 7.20. The van der Waals surface area contributed by atoms with Crippen LogP contribution in [0, 0.1) is 0 Å². The summed E-state index contributed by atoms with van der Waals surface area (Å²) in [4.78, 5) is 2.50. The molecule has 1 aliphatic heterocycles. The van der Waals surface area contributed by atoms with Gasteiger partial charge in [0, 0.05) is 19.7 Å². The van der Waals surface area contributed by atoms with Crippen molar-refractivity contribution in [2.75, 3.05) is 26.2 Å². The molecule has 2 atom stereocenters. The summed E-state index contributed by atoms with van der Waals surface area (Å²) in [6.45, 7) is 7.98. The van der Waals surface area contributed by atoms with Gasteiger partial charge in [0.2, 0.25) is 0 Å². The molecule has 3 heteroatoms. The molecule has 90 valence electrons. The van der Waals surface area contributed by atoms with E-state index < -0.39 is 0 Å². The fourth-order valence-electron chi connectivity index (χ4n) is 2.17. The van der Waals surface area contributed by atoms with Crippen molar-refractivity contribution in [2.24, 2.45) is 0 Å². The molecule has 0 radical (unpaired) electrons. The van der Waals surface area contributed by atoms with Crippen molar-refractivity contribution in [2.45, 2.75) is 51.7 Å². The quantitative estimate of drug-likeness (QED) is 0.684. The van der Waals surface area contributed by atoms with Crippen molar-refractivity contribution < 1.29 is 9.84 Å². The van der Waals surface area contributed by atoms with Crippen LogP contribution in [0.2, 0.25) is 0 Å². The molecule has 0 bridgehead atoms. The Bertz CT molecular complexity index is 164. The van der Waals surface area contributed by atoms with Crippen LogP contribution in [-0.4, -0.2) is 48.5 Å². The van der Waals surface area contributed by atoms with E-state index in [0.29, 0.717) is 18.8 Å². The zero-order valence-corrected chi connectivity index (χ0v) is 10.1.